The van der Waals surface area contributed by atoms with Crippen LogP contribution in [0.5, 0.6) is 0 Å². The molecule has 1 aromatic rings. The van der Waals surface area contributed by atoms with E-state index in [1.807, 2.05) is 0 Å². The van der Waals surface area contributed by atoms with Crippen LogP contribution in [0.2, 0.25) is 0 Å². The molecule has 0 bridgehead atoms. The Bertz CT molecular complexity index is 265. The van der Waals surface area contributed by atoms with Gasteiger partial charge in [0.15, 0.2) is 0 Å². The molecule has 2 nitrogen and oxygen atoms in total. The monoisotopic (exact) mass is 192 g/mol. The zero-order chi connectivity index (χ0) is 11.0. The molecule has 0 unspecified atom stereocenters. The lowest BCUT2D eigenvalue weighted by molar-refractivity contribution is -0.135. The molecule has 0 heterocycles. The first kappa shape index (κ1) is 12.4. The van der Waals surface area contributed by atoms with Gasteiger partial charge in [0.2, 0.25) is 0 Å². The molecule has 0 radical (unpaired) electrons. The van der Waals surface area contributed by atoms with E-state index < -0.39 is 0 Å². The molecule has 0 saturated carbocycles. The number of hydrogen-bond donors (Lipinski definition) is 0. The number of esters is 1. The van der Waals surface area contributed by atoms with Gasteiger partial charge in [-0.1, -0.05) is 42.0 Å². The van der Waals surface area contributed by atoms with Crippen LogP contribution in [-0.2, 0) is 9.53 Å². The third kappa shape index (κ3) is 7.10. The van der Waals surface area contributed by atoms with Crippen molar-refractivity contribution in [2.24, 2.45) is 0 Å². The Morgan fingerprint density at radius 2 is 1.57 bits per heavy atom. The number of carbonyl (C=O) groups excluding carboxylic acids is 1. The van der Waals surface area contributed by atoms with Crippen molar-refractivity contribution in [3.8, 4) is 0 Å². The summed E-state index contributed by atoms with van der Waals surface area (Å²) in [5.74, 6) is -0.329. The number of ether oxygens (including phenoxy) is 1. The number of rotatable bonds is 1. The van der Waals surface area contributed by atoms with Crippen LogP contribution >= 0.6 is 0 Å². The van der Waals surface area contributed by atoms with Gasteiger partial charge in [-0.15, -0.1) is 0 Å². The fraction of sp³-hybridized carbons (Fsp3) is 0.250. The Kier molecular flexibility index (Phi) is 6.12. The van der Waals surface area contributed by atoms with E-state index in [1.165, 1.54) is 18.1 Å². The first-order valence-corrected chi connectivity index (χ1v) is 4.37. The van der Waals surface area contributed by atoms with Gasteiger partial charge in [-0.2, -0.15) is 0 Å². The van der Waals surface area contributed by atoms with Gasteiger partial charge in [-0.25, -0.2) is 0 Å². The molecule has 0 aromatic heterocycles. The Balaban J connectivity index is 0.000000255. The molecule has 0 aliphatic carbocycles. The molecule has 0 aliphatic heterocycles. The third-order valence-corrected chi connectivity index (χ3v) is 1.47. The Morgan fingerprint density at radius 1 is 1.21 bits per heavy atom. The Hall–Kier alpha value is -1.57. The zero-order valence-electron chi connectivity index (χ0n) is 8.91. The van der Waals surface area contributed by atoms with Crippen LogP contribution in [0.4, 0.5) is 0 Å². The first-order valence-electron chi connectivity index (χ1n) is 4.37. The van der Waals surface area contributed by atoms with Crippen molar-refractivity contribution in [2.75, 3.05) is 0 Å². The summed E-state index contributed by atoms with van der Waals surface area (Å²) < 4.78 is 4.17. The summed E-state index contributed by atoms with van der Waals surface area (Å²) in [6, 6.07) is 8.48. The summed E-state index contributed by atoms with van der Waals surface area (Å²) >= 11 is 0. The van der Waals surface area contributed by atoms with Gasteiger partial charge >= 0.3 is 5.97 Å². The molecule has 0 atom stereocenters. The van der Waals surface area contributed by atoms with E-state index in [0.717, 1.165) is 6.26 Å². The van der Waals surface area contributed by atoms with Crippen LogP contribution in [0, 0.1) is 13.8 Å². The van der Waals surface area contributed by atoms with Crippen LogP contribution in [0.3, 0.4) is 0 Å². The normalized spacial score (nSPS) is 8.21. The summed E-state index contributed by atoms with van der Waals surface area (Å²) in [6.45, 7) is 8.67. The molecule has 0 amide bonds. The number of carbonyl (C=O) groups is 1. The minimum absolute atomic E-state index is 0.329. The SMILES string of the molecule is C=COC(C)=O.Cc1ccc(C)cc1. The number of hydrogen-bond acceptors (Lipinski definition) is 2. The fourth-order valence-electron chi connectivity index (χ4n) is 0.754. The second kappa shape index (κ2) is 6.89. The van der Waals surface area contributed by atoms with E-state index in [2.05, 4.69) is 49.4 Å². The van der Waals surface area contributed by atoms with Crippen molar-refractivity contribution in [3.05, 3.63) is 48.2 Å². The molecule has 2 heteroatoms. The minimum Gasteiger partial charge on any atom is -0.435 e. The highest BCUT2D eigenvalue weighted by Gasteiger charge is 1.80. The van der Waals surface area contributed by atoms with Gasteiger partial charge in [-0.05, 0) is 13.8 Å². The first-order chi connectivity index (χ1) is 6.56. The molecule has 1 aromatic carbocycles. The predicted octanol–water partition coefficient (Wildman–Crippen LogP) is 3.00. The number of aryl methyl sites for hydroxylation is 2. The van der Waals surface area contributed by atoms with Crippen LogP contribution < -0.4 is 0 Å². The lowest BCUT2D eigenvalue weighted by Crippen LogP contribution is -1.87. The molecule has 0 saturated heterocycles. The highest BCUT2D eigenvalue weighted by molar-refractivity contribution is 5.66. The van der Waals surface area contributed by atoms with Gasteiger partial charge in [0.05, 0.1) is 6.26 Å². The average molecular weight is 192 g/mol. The molecule has 1 rings (SSSR count). The van der Waals surface area contributed by atoms with E-state index in [-0.39, 0.29) is 5.97 Å². The molecule has 0 aliphatic rings. The van der Waals surface area contributed by atoms with Crippen LogP contribution in [0.1, 0.15) is 18.1 Å². The minimum atomic E-state index is -0.329. The van der Waals surface area contributed by atoms with Gasteiger partial charge in [0, 0.05) is 6.92 Å². The van der Waals surface area contributed by atoms with E-state index in [4.69, 9.17) is 0 Å². The summed E-state index contributed by atoms with van der Waals surface area (Å²) in [5.41, 5.74) is 2.66. The second-order valence-electron chi connectivity index (χ2n) is 2.93. The summed E-state index contributed by atoms with van der Waals surface area (Å²) in [5, 5.41) is 0. The third-order valence-electron chi connectivity index (χ3n) is 1.47. The maximum atomic E-state index is 9.75. The van der Waals surface area contributed by atoms with Crippen molar-refractivity contribution < 1.29 is 9.53 Å². The molecule has 14 heavy (non-hydrogen) atoms. The highest BCUT2D eigenvalue weighted by Crippen LogP contribution is 1.99. The van der Waals surface area contributed by atoms with Gasteiger partial charge in [0.25, 0.3) is 0 Å². The Morgan fingerprint density at radius 3 is 1.71 bits per heavy atom. The fourth-order valence-corrected chi connectivity index (χ4v) is 0.754. The summed E-state index contributed by atoms with van der Waals surface area (Å²) in [7, 11) is 0. The van der Waals surface area contributed by atoms with E-state index in [0.29, 0.717) is 0 Å². The van der Waals surface area contributed by atoms with Crippen LogP contribution in [0.25, 0.3) is 0 Å². The topological polar surface area (TPSA) is 26.3 Å². The van der Waals surface area contributed by atoms with Crippen molar-refractivity contribution in [2.45, 2.75) is 20.8 Å². The molecule has 76 valence electrons. The predicted molar refractivity (Wildman–Crippen MR) is 57.9 cm³/mol. The van der Waals surface area contributed by atoms with Crippen molar-refractivity contribution in [3.63, 3.8) is 0 Å². The van der Waals surface area contributed by atoms with Crippen LogP contribution in [-0.4, -0.2) is 5.97 Å². The van der Waals surface area contributed by atoms with E-state index >= 15 is 0 Å². The molecule has 0 fully saturated rings. The van der Waals surface area contributed by atoms with Gasteiger partial charge in [-0.3, -0.25) is 4.79 Å². The quantitative estimate of drug-likeness (QED) is 0.505. The molecular weight excluding hydrogens is 176 g/mol. The van der Waals surface area contributed by atoms with E-state index in [1.54, 1.807) is 0 Å². The lowest BCUT2D eigenvalue weighted by atomic mass is 10.2. The smallest absolute Gasteiger partial charge is 0.307 e. The van der Waals surface area contributed by atoms with Gasteiger partial charge in [0.1, 0.15) is 0 Å². The van der Waals surface area contributed by atoms with Crippen LogP contribution in [0.15, 0.2) is 37.1 Å². The second-order valence-corrected chi connectivity index (χ2v) is 2.93. The van der Waals surface area contributed by atoms with Crippen molar-refractivity contribution in [1.29, 1.82) is 0 Å². The largest absolute Gasteiger partial charge is 0.435 e. The zero-order valence-corrected chi connectivity index (χ0v) is 8.91. The summed E-state index contributed by atoms with van der Waals surface area (Å²) in [6.07, 6.45) is 1.10. The molecule has 0 N–H and O–H groups in total. The number of benzene rings is 1. The molecule has 0 spiro atoms. The standard InChI is InChI=1S/C8H10.C4H6O2/c1-7-3-5-8(2)6-4-7;1-3-6-4(2)5/h3-6H,1-2H3;3H,1H2,2H3. The maximum absolute atomic E-state index is 9.75. The highest BCUT2D eigenvalue weighted by atomic mass is 16.5. The Labute approximate surface area is 85.2 Å². The maximum Gasteiger partial charge on any atom is 0.307 e. The van der Waals surface area contributed by atoms with Gasteiger partial charge < -0.3 is 4.74 Å². The van der Waals surface area contributed by atoms with Crippen molar-refractivity contribution in [1.82, 2.24) is 0 Å². The van der Waals surface area contributed by atoms with Crippen molar-refractivity contribution >= 4 is 5.97 Å². The lowest BCUT2D eigenvalue weighted by Gasteiger charge is -1.90. The van der Waals surface area contributed by atoms with E-state index in [9.17, 15) is 4.79 Å². The molecular formula is C12H16O2. The average Bonchev–Trinajstić information content (AvgIpc) is 2.11. The summed E-state index contributed by atoms with van der Waals surface area (Å²) in [4.78, 5) is 9.75.